The van der Waals surface area contributed by atoms with Gasteiger partial charge in [-0.3, -0.25) is 4.90 Å². The number of nitrogens with zero attached hydrogens (tertiary/aromatic N) is 3. The van der Waals surface area contributed by atoms with Crippen molar-refractivity contribution in [2.45, 2.75) is 25.6 Å². The maximum absolute atomic E-state index is 12.3. The summed E-state index contributed by atoms with van der Waals surface area (Å²) in [6.45, 7) is 2.05. The molecule has 2 aliphatic rings. The van der Waals surface area contributed by atoms with Crippen LogP contribution in [0.1, 0.15) is 17.5 Å². The Morgan fingerprint density at radius 1 is 1.12 bits per heavy atom. The number of benzene rings is 1. The second kappa shape index (κ2) is 7.77. The number of rotatable bonds is 1. The zero-order chi connectivity index (χ0) is 17.7. The molecule has 4 rings (SSSR count). The molecule has 0 spiro atoms. The molecule has 0 unspecified atom stereocenters. The molecule has 0 atom stereocenters. The summed E-state index contributed by atoms with van der Waals surface area (Å²) in [7, 11) is 0. The van der Waals surface area contributed by atoms with Gasteiger partial charge in [-0.15, -0.1) is 0 Å². The van der Waals surface area contributed by atoms with E-state index in [2.05, 4.69) is 15.7 Å². The summed E-state index contributed by atoms with van der Waals surface area (Å²) in [4.78, 5) is 5.52. The van der Waals surface area contributed by atoms with Gasteiger partial charge in [0.15, 0.2) is 0 Å². The Labute approximate surface area is 144 Å². The lowest BCUT2D eigenvalue weighted by atomic mass is 10.0. The van der Waals surface area contributed by atoms with Gasteiger partial charge in [-0.2, -0.15) is 13.2 Å². The molecule has 0 aliphatic carbocycles. The molecule has 3 heterocycles. The fourth-order valence-electron chi connectivity index (χ4n) is 3.07. The standard InChI is InChI=1S/C12H14F3N.C5H8N4/c13-12(14,15)9-16-7-3-6-10-4-1-2-5-11(10)8-16;1-2-8-9-4-3-7-5(9)6-1/h1-2,4-5H,3,6-9H2;3-4,8H,1-2H2,(H,6,7). The van der Waals surface area contributed by atoms with Crippen LogP contribution in [0.25, 0.3) is 0 Å². The second-order valence-corrected chi connectivity index (χ2v) is 6.15. The molecule has 5 nitrogen and oxygen atoms in total. The van der Waals surface area contributed by atoms with Crippen LogP contribution in [0.5, 0.6) is 0 Å². The molecular formula is C17H22F3N5. The molecule has 2 aliphatic heterocycles. The smallest absolute Gasteiger partial charge is 0.352 e. The summed E-state index contributed by atoms with van der Waals surface area (Å²) >= 11 is 0. The fourth-order valence-corrected chi connectivity index (χ4v) is 3.07. The van der Waals surface area contributed by atoms with Gasteiger partial charge in [0.2, 0.25) is 5.95 Å². The second-order valence-electron chi connectivity index (χ2n) is 6.15. The lowest BCUT2D eigenvalue weighted by Crippen LogP contribution is -2.33. The third kappa shape index (κ3) is 5.12. The molecular weight excluding hydrogens is 331 g/mol. The molecule has 0 saturated heterocycles. The molecule has 2 N–H and O–H groups in total. The molecule has 0 amide bonds. The van der Waals surface area contributed by atoms with Gasteiger partial charge in [-0.05, 0) is 30.5 Å². The highest BCUT2D eigenvalue weighted by Crippen LogP contribution is 2.22. The Kier molecular flexibility index (Phi) is 5.47. The number of halogens is 3. The first-order valence-corrected chi connectivity index (χ1v) is 8.38. The normalized spacial score (nSPS) is 17.1. The van der Waals surface area contributed by atoms with Crippen molar-refractivity contribution in [3.05, 3.63) is 47.8 Å². The Bertz CT molecular complexity index is 662. The molecule has 0 fully saturated rings. The van der Waals surface area contributed by atoms with Crippen LogP contribution < -0.4 is 10.7 Å². The predicted molar refractivity (Wildman–Crippen MR) is 91.0 cm³/mol. The maximum atomic E-state index is 12.3. The molecule has 8 heteroatoms. The van der Waals surface area contributed by atoms with Gasteiger partial charge in [0.25, 0.3) is 0 Å². The first-order chi connectivity index (χ1) is 12.0. The molecule has 1 aromatic heterocycles. The number of aromatic nitrogens is 2. The van der Waals surface area contributed by atoms with Crippen molar-refractivity contribution in [2.24, 2.45) is 0 Å². The average Bonchev–Trinajstić information content (AvgIpc) is 2.95. The lowest BCUT2D eigenvalue weighted by molar-refractivity contribution is -0.147. The van der Waals surface area contributed by atoms with Crippen LogP contribution in [0.4, 0.5) is 19.1 Å². The maximum Gasteiger partial charge on any atom is 0.401 e. The van der Waals surface area contributed by atoms with E-state index in [1.807, 2.05) is 35.1 Å². The van der Waals surface area contributed by atoms with Crippen molar-refractivity contribution >= 4 is 5.95 Å². The van der Waals surface area contributed by atoms with Gasteiger partial charge in [0, 0.05) is 32.0 Å². The van der Waals surface area contributed by atoms with E-state index >= 15 is 0 Å². The average molecular weight is 353 g/mol. The van der Waals surface area contributed by atoms with Crippen LogP contribution in [0.2, 0.25) is 0 Å². The number of aryl methyl sites for hydroxylation is 1. The molecule has 0 radical (unpaired) electrons. The Balaban J connectivity index is 0.000000170. The number of anilines is 1. The zero-order valence-electron chi connectivity index (χ0n) is 13.9. The minimum absolute atomic E-state index is 0.412. The van der Waals surface area contributed by atoms with Gasteiger partial charge < -0.3 is 10.7 Å². The highest BCUT2D eigenvalue weighted by molar-refractivity contribution is 5.29. The minimum atomic E-state index is -4.10. The molecule has 1 aromatic carbocycles. The first kappa shape index (κ1) is 17.6. The molecule has 2 aromatic rings. The molecule has 0 bridgehead atoms. The number of imidazole rings is 1. The van der Waals surface area contributed by atoms with Crippen molar-refractivity contribution in [3.63, 3.8) is 0 Å². The van der Waals surface area contributed by atoms with E-state index in [9.17, 15) is 13.2 Å². The van der Waals surface area contributed by atoms with Crippen LogP contribution >= 0.6 is 0 Å². The van der Waals surface area contributed by atoms with Crippen LogP contribution in [0.15, 0.2) is 36.7 Å². The van der Waals surface area contributed by atoms with Gasteiger partial charge in [-0.25, -0.2) is 9.66 Å². The number of alkyl halides is 3. The van der Waals surface area contributed by atoms with Crippen molar-refractivity contribution in [1.82, 2.24) is 14.6 Å². The van der Waals surface area contributed by atoms with Crippen molar-refractivity contribution in [3.8, 4) is 0 Å². The van der Waals surface area contributed by atoms with Crippen molar-refractivity contribution in [1.29, 1.82) is 0 Å². The van der Waals surface area contributed by atoms with Crippen LogP contribution in [-0.2, 0) is 13.0 Å². The van der Waals surface area contributed by atoms with E-state index in [1.54, 1.807) is 6.20 Å². The van der Waals surface area contributed by atoms with E-state index in [0.717, 1.165) is 37.4 Å². The first-order valence-electron chi connectivity index (χ1n) is 8.38. The molecule has 25 heavy (non-hydrogen) atoms. The molecule has 136 valence electrons. The van der Waals surface area contributed by atoms with Gasteiger partial charge >= 0.3 is 6.18 Å². The Morgan fingerprint density at radius 2 is 1.92 bits per heavy atom. The van der Waals surface area contributed by atoms with E-state index in [4.69, 9.17) is 0 Å². The van der Waals surface area contributed by atoms with E-state index in [0.29, 0.717) is 13.1 Å². The number of hydrogen-bond acceptors (Lipinski definition) is 4. The largest absolute Gasteiger partial charge is 0.401 e. The van der Waals surface area contributed by atoms with Crippen LogP contribution in [0.3, 0.4) is 0 Å². The van der Waals surface area contributed by atoms with Gasteiger partial charge in [-0.1, -0.05) is 24.3 Å². The predicted octanol–water partition coefficient (Wildman–Crippen LogP) is 2.85. The summed E-state index contributed by atoms with van der Waals surface area (Å²) < 4.78 is 38.8. The van der Waals surface area contributed by atoms with E-state index in [-0.39, 0.29) is 0 Å². The highest BCUT2D eigenvalue weighted by atomic mass is 19.4. The van der Waals surface area contributed by atoms with Gasteiger partial charge in [0.1, 0.15) is 0 Å². The minimum Gasteiger partial charge on any atom is -0.352 e. The Hall–Kier alpha value is -2.22. The third-order valence-electron chi connectivity index (χ3n) is 4.17. The topological polar surface area (TPSA) is 45.1 Å². The van der Waals surface area contributed by atoms with Crippen LogP contribution in [-0.4, -0.2) is 46.9 Å². The highest BCUT2D eigenvalue weighted by Gasteiger charge is 2.31. The summed E-state index contributed by atoms with van der Waals surface area (Å²) in [6, 6.07) is 7.75. The molecule has 0 saturated carbocycles. The fraction of sp³-hybridized carbons (Fsp3) is 0.471. The Morgan fingerprint density at radius 3 is 2.68 bits per heavy atom. The van der Waals surface area contributed by atoms with Gasteiger partial charge in [0.05, 0.1) is 6.54 Å². The number of fused-ring (bicyclic) bond motifs is 2. The number of nitrogens with one attached hydrogen (secondary N) is 2. The quantitative estimate of drug-likeness (QED) is 0.828. The van der Waals surface area contributed by atoms with E-state index < -0.39 is 12.7 Å². The SMILES string of the molecule is FC(F)(F)CN1CCCc2ccccc2C1.c1cn2c(n1)NCCN2. The summed E-state index contributed by atoms with van der Waals surface area (Å²) in [6.07, 6.45) is 1.24. The van der Waals surface area contributed by atoms with Crippen LogP contribution in [0, 0.1) is 0 Å². The lowest BCUT2D eigenvalue weighted by Gasteiger charge is -2.21. The summed E-state index contributed by atoms with van der Waals surface area (Å²) in [5.74, 6) is 0.904. The van der Waals surface area contributed by atoms with Crippen molar-refractivity contribution in [2.75, 3.05) is 36.9 Å². The van der Waals surface area contributed by atoms with E-state index in [1.165, 1.54) is 10.5 Å². The monoisotopic (exact) mass is 353 g/mol. The number of hydrogen-bond donors (Lipinski definition) is 2. The summed E-state index contributed by atoms with van der Waals surface area (Å²) in [5.41, 5.74) is 5.35. The zero-order valence-corrected chi connectivity index (χ0v) is 13.9. The van der Waals surface area contributed by atoms with Crippen molar-refractivity contribution < 1.29 is 13.2 Å². The third-order valence-corrected chi connectivity index (χ3v) is 4.17. The summed E-state index contributed by atoms with van der Waals surface area (Å²) in [5, 5.41) is 3.13.